The maximum atomic E-state index is 6.78. The molecule has 2 heterocycles. The fourth-order valence-electron chi connectivity index (χ4n) is 5.48. The van der Waals surface area contributed by atoms with Gasteiger partial charge < -0.3 is 10.3 Å². The van der Waals surface area contributed by atoms with E-state index < -0.39 is 0 Å². The third kappa shape index (κ3) is 4.74. The number of allylic oxidation sites excluding steroid dienone is 3. The van der Waals surface area contributed by atoms with Crippen molar-refractivity contribution in [3.63, 3.8) is 0 Å². The Labute approximate surface area is 235 Å². The molecule has 0 aliphatic rings. The molecule has 0 spiro atoms. The van der Waals surface area contributed by atoms with Crippen LogP contribution in [0.2, 0.25) is 0 Å². The maximum Gasteiger partial charge on any atom is 0.0537 e. The van der Waals surface area contributed by atoms with Crippen molar-refractivity contribution < 1.29 is 0 Å². The summed E-state index contributed by atoms with van der Waals surface area (Å²) < 4.78 is 2.28. The first-order chi connectivity index (χ1) is 19.6. The Bertz CT molecular complexity index is 1880. The summed E-state index contributed by atoms with van der Waals surface area (Å²) in [6.45, 7) is 6.26. The summed E-state index contributed by atoms with van der Waals surface area (Å²) in [5.74, 6) is 0. The van der Waals surface area contributed by atoms with E-state index in [4.69, 9.17) is 5.73 Å². The molecule has 0 radical (unpaired) electrons. The summed E-state index contributed by atoms with van der Waals surface area (Å²) in [6, 6.07) is 35.9. The third-order valence-electron chi connectivity index (χ3n) is 7.52. The lowest BCUT2D eigenvalue weighted by molar-refractivity contribution is 1.10. The van der Waals surface area contributed by atoms with Crippen molar-refractivity contribution in [1.82, 2.24) is 9.55 Å². The van der Waals surface area contributed by atoms with Crippen LogP contribution in [0.1, 0.15) is 27.9 Å². The first-order valence-corrected chi connectivity index (χ1v) is 13.5. The van der Waals surface area contributed by atoms with Crippen molar-refractivity contribution in [3.05, 3.63) is 162 Å². The Hall–Kier alpha value is -5.15. The number of para-hydroxylation sites is 1. The standard InChI is InChI=1S/C37H31N3/c1-3-36-26(2)32-13-6-7-16-37(32)40(36)31-21-19-28(20-22-31)30(18-17-27-10-9-23-39-25-27)24-35(38)34-15-8-12-29-11-4-5-14-33(29)34/h3-16,18-25H,1,17,38H2,2H3/b30-18+,35-24-. The Morgan fingerprint density at radius 2 is 1.60 bits per heavy atom. The number of fused-ring (bicyclic) bond motifs is 2. The average molecular weight is 518 g/mol. The number of hydrogen-bond acceptors (Lipinski definition) is 2. The lowest BCUT2D eigenvalue weighted by Gasteiger charge is -2.12. The molecule has 0 amide bonds. The number of nitrogens with two attached hydrogens (primary N) is 1. The van der Waals surface area contributed by atoms with E-state index in [1.165, 1.54) is 21.9 Å². The van der Waals surface area contributed by atoms with E-state index in [0.29, 0.717) is 0 Å². The molecule has 0 bridgehead atoms. The zero-order valence-corrected chi connectivity index (χ0v) is 22.6. The summed E-state index contributed by atoms with van der Waals surface area (Å²) in [4.78, 5) is 4.29. The number of benzene rings is 4. The van der Waals surface area contributed by atoms with Gasteiger partial charge in [0, 0.05) is 40.4 Å². The number of rotatable bonds is 7. The lowest BCUT2D eigenvalue weighted by atomic mass is 9.97. The van der Waals surface area contributed by atoms with Crippen molar-refractivity contribution in [3.8, 4) is 5.69 Å². The molecule has 0 atom stereocenters. The van der Waals surface area contributed by atoms with Crippen LogP contribution in [0, 0.1) is 6.92 Å². The summed E-state index contributed by atoms with van der Waals surface area (Å²) in [7, 11) is 0. The molecule has 0 fully saturated rings. The van der Waals surface area contributed by atoms with Crippen molar-refractivity contribution in [2.24, 2.45) is 5.73 Å². The van der Waals surface area contributed by atoms with Crippen LogP contribution in [0.5, 0.6) is 0 Å². The zero-order chi connectivity index (χ0) is 27.5. The molecule has 3 nitrogen and oxygen atoms in total. The van der Waals surface area contributed by atoms with Crippen LogP contribution < -0.4 is 5.73 Å². The molecular weight excluding hydrogens is 486 g/mol. The molecule has 2 aromatic heterocycles. The number of nitrogens with zero attached hydrogens (tertiary/aromatic N) is 2. The van der Waals surface area contributed by atoms with Gasteiger partial charge >= 0.3 is 0 Å². The smallest absolute Gasteiger partial charge is 0.0537 e. The fourth-order valence-corrected chi connectivity index (χ4v) is 5.48. The van der Waals surface area contributed by atoms with Gasteiger partial charge in [0.15, 0.2) is 0 Å². The van der Waals surface area contributed by atoms with Crippen LogP contribution >= 0.6 is 0 Å². The summed E-state index contributed by atoms with van der Waals surface area (Å²) in [6.07, 6.45) is 10.7. The van der Waals surface area contributed by atoms with E-state index in [1.807, 2.05) is 18.3 Å². The third-order valence-corrected chi connectivity index (χ3v) is 7.52. The molecule has 0 saturated carbocycles. The number of pyridine rings is 1. The molecule has 40 heavy (non-hydrogen) atoms. The first kappa shape index (κ1) is 25.1. The summed E-state index contributed by atoms with van der Waals surface area (Å²) in [5.41, 5.74) is 16.5. The van der Waals surface area contributed by atoms with Crippen LogP contribution in [0.3, 0.4) is 0 Å². The van der Waals surface area contributed by atoms with E-state index in [-0.39, 0.29) is 0 Å². The number of hydrogen-bond donors (Lipinski definition) is 1. The topological polar surface area (TPSA) is 43.8 Å². The first-order valence-electron chi connectivity index (χ1n) is 13.5. The quantitative estimate of drug-likeness (QED) is 0.215. The molecule has 6 aromatic rings. The Balaban J connectivity index is 1.43. The van der Waals surface area contributed by atoms with Crippen molar-refractivity contribution in [1.29, 1.82) is 0 Å². The molecule has 0 aliphatic carbocycles. The van der Waals surface area contributed by atoms with Crippen LogP contribution in [0.15, 0.2) is 134 Å². The highest BCUT2D eigenvalue weighted by Crippen LogP contribution is 2.31. The number of aromatic nitrogens is 2. The van der Waals surface area contributed by atoms with Gasteiger partial charge in [-0.3, -0.25) is 4.98 Å². The average Bonchev–Trinajstić information content (AvgIpc) is 3.30. The minimum Gasteiger partial charge on any atom is -0.398 e. The second kappa shape index (κ2) is 10.9. The largest absolute Gasteiger partial charge is 0.398 e. The highest BCUT2D eigenvalue weighted by molar-refractivity contribution is 5.96. The van der Waals surface area contributed by atoms with Gasteiger partial charge in [-0.05, 0) is 82.8 Å². The second-order valence-corrected chi connectivity index (χ2v) is 9.97. The molecular formula is C37H31N3. The highest BCUT2D eigenvalue weighted by atomic mass is 15.0. The van der Waals surface area contributed by atoms with Gasteiger partial charge in [-0.15, -0.1) is 0 Å². The van der Waals surface area contributed by atoms with Crippen molar-refractivity contribution in [2.75, 3.05) is 0 Å². The van der Waals surface area contributed by atoms with Crippen LogP contribution in [0.25, 0.3) is 44.7 Å². The Morgan fingerprint density at radius 1 is 0.850 bits per heavy atom. The normalized spacial score (nSPS) is 12.2. The zero-order valence-electron chi connectivity index (χ0n) is 22.6. The van der Waals surface area contributed by atoms with Gasteiger partial charge in [0.1, 0.15) is 0 Å². The van der Waals surface area contributed by atoms with Gasteiger partial charge in [-0.1, -0.05) is 91.5 Å². The van der Waals surface area contributed by atoms with E-state index in [1.54, 1.807) is 6.20 Å². The minimum atomic E-state index is 0.735. The van der Waals surface area contributed by atoms with Crippen molar-refractivity contribution in [2.45, 2.75) is 13.3 Å². The lowest BCUT2D eigenvalue weighted by Crippen LogP contribution is -1.99. The predicted octanol–water partition coefficient (Wildman–Crippen LogP) is 8.76. The number of aryl methyl sites for hydroxylation is 1. The van der Waals surface area contributed by atoms with Gasteiger partial charge in [0.25, 0.3) is 0 Å². The van der Waals surface area contributed by atoms with E-state index in [9.17, 15) is 0 Å². The molecule has 194 valence electrons. The maximum absolute atomic E-state index is 6.78. The van der Waals surface area contributed by atoms with E-state index >= 15 is 0 Å². The van der Waals surface area contributed by atoms with Crippen LogP contribution in [-0.2, 0) is 6.42 Å². The van der Waals surface area contributed by atoms with Crippen LogP contribution in [-0.4, -0.2) is 9.55 Å². The van der Waals surface area contributed by atoms with Gasteiger partial charge in [0.05, 0.1) is 5.52 Å². The summed E-state index contributed by atoms with van der Waals surface area (Å²) >= 11 is 0. The second-order valence-electron chi connectivity index (χ2n) is 9.97. The SMILES string of the molecule is C=Cc1c(C)c2ccccc2n1-c1ccc(C(/C=C(\N)c2cccc3ccccc23)=C/Cc2cccnc2)cc1. The minimum absolute atomic E-state index is 0.735. The van der Waals surface area contributed by atoms with Crippen molar-refractivity contribution >= 4 is 39.0 Å². The summed E-state index contributed by atoms with van der Waals surface area (Å²) in [5, 5.41) is 3.56. The van der Waals surface area contributed by atoms with Gasteiger partial charge in [0.2, 0.25) is 0 Å². The highest BCUT2D eigenvalue weighted by Gasteiger charge is 2.13. The Kier molecular flexibility index (Phi) is 6.86. The van der Waals surface area contributed by atoms with Gasteiger partial charge in [-0.25, -0.2) is 0 Å². The molecule has 6 rings (SSSR count). The fraction of sp³-hybridized carbons (Fsp3) is 0.0541. The molecule has 3 heteroatoms. The molecule has 2 N–H and O–H groups in total. The van der Waals surface area contributed by atoms with Crippen LogP contribution in [0.4, 0.5) is 0 Å². The molecule has 0 aliphatic heterocycles. The molecule has 0 unspecified atom stereocenters. The van der Waals surface area contributed by atoms with E-state index in [2.05, 4.69) is 132 Å². The Morgan fingerprint density at radius 3 is 2.38 bits per heavy atom. The molecule has 0 saturated heterocycles. The monoisotopic (exact) mass is 517 g/mol. The molecule has 4 aromatic carbocycles. The van der Waals surface area contributed by atoms with Gasteiger partial charge in [-0.2, -0.15) is 0 Å². The predicted molar refractivity (Wildman–Crippen MR) is 170 cm³/mol. The van der Waals surface area contributed by atoms with E-state index in [0.717, 1.165) is 51.1 Å².